The van der Waals surface area contributed by atoms with E-state index in [4.69, 9.17) is 16.3 Å². The van der Waals surface area contributed by atoms with Crippen molar-refractivity contribution in [3.05, 3.63) is 72.0 Å². The summed E-state index contributed by atoms with van der Waals surface area (Å²) in [5.41, 5.74) is 0.690. The molecule has 0 aliphatic heterocycles. The Bertz CT molecular complexity index is 1080. The number of hydrogen-bond donors (Lipinski definition) is 1. The van der Waals surface area contributed by atoms with Crippen LogP contribution in [0.15, 0.2) is 61.4 Å². The third kappa shape index (κ3) is 3.31. The Morgan fingerprint density at radius 2 is 2.08 bits per heavy atom. The number of rotatable bonds is 4. The van der Waals surface area contributed by atoms with Crippen LogP contribution in [0.25, 0.3) is 5.65 Å². The van der Waals surface area contributed by atoms with Crippen molar-refractivity contribution in [2.24, 2.45) is 0 Å². The Morgan fingerprint density at radius 3 is 2.88 bits per heavy atom. The molecule has 4 aromatic heterocycles. The van der Waals surface area contributed by atoms with Crippen LogP contribution in [0.1, 0.15) is 10.4 Å². The van der Waals surface area contributed by atoms with Crippen LogP contribution < -0.4 is 10.1 Å². The lowest BCUT2D eigenvalue weighted by Gasteiger charge is -2.09. The van der Waals surface area contributed by atoms with E-state index < -0.39 is 0 Å². The number of pyridine rings is 3. The minimum Gasteiger partial charge on any atom is -0.454 e. The van der Waals surface area contributed by atoms with E-state index >= 15 is 0 Å². The Morgan fingerprint density at radius 1 is 1.15 bits per heavy atom. The highest BCUT2D eigenvalue weighted by atomic mass is 35.5. The summed E-state index contributed by atoms with van der Waals surface area (Å²) >= 11 is 5.92. The predicted octanol–water partition coefficient (Wildman–Crippen LogP) is 3.22. The van der Waals surface area contributed by atoms with Gasteiger partial charge in [0.05, 0.1) is 23.0 Å². The first-order valence-electron chi connectivity index (χ1n) is 7.53. The van der Waals surface area contributed by atoms with Crippen LogP contribution in [0.3, 0.4) is 0 Å². The summed E-state index contributed by atoms with van der Waals surface area (Å²) in [6.45, 7) is 0. The molecule has 8 nitrogen and oxygen atoms in total. The summed E-state index contributed by atoms with van der Waals surface area (Å²) in [6.07, 6.45) is 7.58. The zero-order valence-corrected chi connectivity index (χ0v) is 14.0. The van der Waals surface area contributed by atoms with Crippen molar-refractivity contribution >= 4 is 29.0 Å². The van der Waals surface area contributed by atoms with Crippen molar-refractivity contribution in [2.75, 3.05) is 5.32 Å². The monoisotopic (exact) mass is 366 g/mol. The van der Waals surface area contributed by atoms with Gasteiger partial charge in [0.1, 0.15) is 23.6 Å². The molecule has 9 heteroatoms. The van der Waals surface area contributed by atoms with E-state index in [0.29, 0.717) is 33.6 Å². The molecule has 0 aromatic carbocycles. The van der Waals surface area contributed by atoms with Gasteiger partial charge >= 0.3 is 0 Å². The fourth-order valence-electron chi connectivity index (χ4n) is 2.33. The largest absolute Gasteiger partial charge is 0.454 e. The Balaban J connectivity index is 1.69. The van der Waals surface area contributed by atoms with Gasteiger partial charge in [-0.05, 0) is 18.2 Å². The van der Waals surface area contributed by atoms with E-state index in [9.17, 15) is 4.79 Å². The van der Waals surface area contributed by atoms with Crippen LogP contribution in [0, 0.1) is 0 Å². The quantitative estimate of drug-likeness (QED) is 0.596. The number of nitrogens with zero attached hydrogens (tertiary/aromatic N) is 5. The van der Waals surface area contributed by atoms with E-state index in [0.717, 1.165) is 0 Å². The second-order valence-corrected chi connectivity index (χ2v) is 5.66. The molecule has 0 aliphatic carbocycles. The number of carbonyl (C=O) groups is 1. The second-order valence-electron chi connectivity index (χ2n) is 5.23. The number of anilines is 1. The topological polar surface area (TPSA) is 94.3 Å². The number of fused-ring (bicyclic) bond motifs is 1. The van der Waals surface area contributed by atoms with Gasteiger partial charge in [0, 0.05) is 18.5 Å². The van der Waals surface area contributed by atoms with E-state index in [2.05, 4.69) is 25.4 Å². The maximum Gasteiger partial charge on any atom is 0.260 e. The third-order valence-corrected chi connectivity index (χ3v) is 3.62. The van der Waals surface area contributed by atoms with Crippen molar-refractivity contribution in [2.45, 2.75) is 0 Å². The van der Waals surface area contributed by atoms with Crippen molar-refractivity contribution in [1.29, 1.82) is 0 Å². The molecule has 4 aromatic rings. The zero-order chi connectivity index (χ0) is 17.9. The van der Waals surface area contributed by atoms with Crippen LogP contribution in [0.2, 0.25) is 5.02 Å². The molecule has 0 spiro atoms. The molecule has 0 aliphatic rings. The van der Waals surface area contributed by atoms with Crippen molar-refractivity contribution in [3.8, 4) is 11.5 Å². The highest BCUT2D eigenvalue weighted by Crippen LogP contribution is 2.25. The lowest BCUT2D eigenvalue weighted by molar-refractivity contribution is 0.102. The first-order chi connectivity index (χ1) is 12.7. The Kier molecular flexibility index (Phi) is 4.16. The number of amides is 1. The van der Waals surface area contributed by atoms with Crippen LogP contribution in [-0.2, 0) is 0 Å². The second kappa shape index (κ2) is 6.77. The number of halogens is 1. The van der Waals surface area contributed by atoms with Gasteiger partial charge in [0.2, 0.25) is 0 Å². The summed E-state index contributed by atoms with van der Waals surface area (Å²) in [5.74, 6) is 0.878. The zero-order valence-electron chi connectivity index (χ0n) is 13.2. The van der Waals surface area contributed by atoms with Gasteiger partial charge in [0.25, 0.3) is 5.91 Å². The summed E-state index contributed by atoms with van der Waals surface area (Å²) in [4.78, 5) is 24.8. The minimum absolute atomic E-state index is 0.292. The number of nitrogens with one attached hydrogen (secondary N) is 1. The van der Waals surface area contributed by atoms with E-state index in [1.165, 1.54) is 23.2 Å². The fraction of sp³-hybridized carbons (Fsp3) is 0. The molecule has 0 unspecified atom stereocenters. The standard InChI is InChI=1S/C17H11ClN6O2/c18-11-5-12(8-19-7-11)26-13-6-14(16-21-10-22-24(16)9-13)17(25)23-15-3-1-2-4-20-15/h1-10H,(H,20,23,25). The van der Waals surface area contributed by atoms with Gasteiger partial charge < -0.3 is 10.1 Å². The summed E-state index contributed by atoms with van der Waals surface area (Å²) < 4.78 is 7.21. The van der Waals surface area contributed by atoms with Crippen LogP contribution >= 0.6 is 11.6 Å². The molecule has 0 fully saturated rings. The molecule has 4 rings (SSSR count). The molecule has 0 saturated heterocycles. The Labute approximate surface area is 152 Å². The van der Waals surface area contributed by atoms with Crippen molar-refractivity contribution < 1.29 is 9.53 Å². The maximum absolute atomic E-state index is 12.7. The van der Waals surface area contributed by atoms with Gasteiger partial charge in [-0.1, -0.05) is 17.7 Å². The Hall–Kier alpha value is -3.52. The van der Waals surface area contributed by atoms with Gasteiger partial charge in [0.15, 0.2) is 5.65 Å². The minimum atomic E-state index is -0.378. The molecule has 0 saturated carbocycles. The van der Waals surface area contributed by atoms with E-state index in [1.807, 2.05) is 0 Å². The molecule has 128 valence electrons. The van der Waals surface area contributed by atoms with Crippen LogP contribution in [0.5, 0.6) is 11.5 Å². The van der Waals surface area contributed by atoms with Gasteiger partial charge in [-0.25, -0.2) is 14.5 Å². The summed E-state index contributed by atoms with van der Waals surface area (Å²) in [6, 6.07) is 8.43. The first-order valence-corrected chi connectivity index (χ1v) is 7.91. The van der Waals surface area contributed by atoms with Crippen molar-refractivity contribution in [1.82, 2.24) is 24.6 Å². The molecule has 0 bridgehead atoms. The maximum atomic E-state index is 12.7. The molecule has 1 amide bonds. The number of hydrogen-bond acceptors (Lipinski definition) is 6. The lowest BCUT2D eigenvalue weighted by atomic mass is 10.2. The fourth-order valence-corrected chi connectivity index (χ4v) is 2.49. The van der Waals surface area contributed by atoms with E-state index in [1.54, 1.807) is 42.7 Å². The number of aromatic nitrogens is 5. The van der Waals surface area contributed by atoms with Gasteiger partial charge in [-0.3, -0.25) is 9.78 Å². The summed E-state index contributed by atoms with van der Waals surface area (Å²) in [5, 5.41) is 7.24. The molecule has 0 atom stereocenters. The molecule has 26 heavy (non-hydrogen) atoms. The van der Waals surface area contributed by atoms with Crippen LogP contribution in [0.4, 0.5) is 5.82 Å². The molecule has 4 heterocycles. The van der Waals surface area contributed by atoms with E-state index in [-0.39, 0.29) is 5.91 Å². The lowest BCUT2D eigenvalue weighted by Crippen LogP contribution is -2.14. The molecule has 1 N–H and O–H groups in total. The number of ether oxygens (including phenoxy) is 1. The number of carbonyl (C=O) groups excluding carboxylic acids is 1. The SMILES string of the molecule is O=C(Nc1ccccn1)c1cc(Oc2cncc(Cl)c2)cn2ncnc12. The first kappa shape index (κ1) is 16.0. The highest BCUT2D eigenvalue weighted by Gasteiger charge is 2.16. The average Bonchev–Trinajstić information content (AvgIpc) is 3.10. The summed E-state index contributed by atoms with van der Waals surface area (Å²) in [7, 11) is 0. The third-order valence-electron chi connectivity index (χ3n) is 3.42. The van der Waals surface area contributed by atoms with Gasteiger partial charge in [-0.2, -0.15) is 5.10 Å². The average molecular weight is 367 g/mol. The molecule has 0 radical (unpaired) electrons. The smallest absolute Gasteiger partial charge is 0.260 e. The van der Waals surface area contributed by atoms with Crippen molar-refractivity contribution in [3.63, 3.8) is 0 Å². The normalized spacial score (nSPS) is 10.7. The van der Waals surface area contributed by atoms with Gasteiger partial charge in [-0.15, -0.1) is 0 Å². The molecular formula is C17H11ClN6O2. The van der Waals surface area contributed by atoms with Crippen LogP contribution in [-0.4, -0.2) is 30.5 Å². The predicted molar refractivity (Wildman–Crippen MR) is 94.5 cm³/mol. The highest BCUT2D eigenvalue weighted by molar-refractivity contribution is 6.30. The molecular weight excluding hydrogens is 356 g/mol.